The highest BCUT2D eigenvalue weighted by Gasteiger charge is 2.35. The molecule has 17 heavy (non-hydrogen) atoms. The zero-order chi connectivity index (χ0) is 12.5. The highest BCUT2D eigenvalue weighted by molar-refractivity contribution is 5.79. The van der Waals surface area contributed by atoms with Gasteiger partial charge in [0, 0.05) is 12.0 Å². The van der Waals surface area contributed by atoms with Crippen LogP contribution in [0.25, 0.3) is 0 Å². The second-order valence-electron chi connectivity index (χ2n) is 6.90. The molecule has 2 fully saturated rings. The first-order chi connectivity index (χ1) is 8.00. The molecule has 1 amide bonds. The summed E-state index contributed by atoms with van der Waals surface area (Å²) < 4.78 is 0. The fourth-order valence-corrected chi connectivity index (χ4v) is 3.29. The lowest BCUT2D eigenvalue weighted by Crippen LogP contribution is -2.34. The maximum Gasteiger partial charge on any atom is 0.223 e. The summed E-state index contributed by atoms with van der Waals surface area (Å²) in [5.74, 6) is 1.42. The Labute approximate surface area is 106 Å². The van der Waals surface area contributed by atoms with Gasteiger partial charge < -0.3 is 5.32 Å². The molecule has 2 aliphatic rings. The Bertz CT molecular complexity index is 281. The quantitative estimate of drug-likeness (QED) is 0.748. The van der Waals surface area contributed by atoms with Crippen LogP contribution in [0.2, 0.25) is 0 Å². The molecule has 2 atom stereocenters. The van der Waals surface area contributed by atoms with Crippen LogP contribution in [0.15, 0.2) is 0 Å². The van der Waals surface area contributed by atoms with Gasteiger partial charge in [-0.15, -0.1) is 0 Å². The van der Waals surface area contributed by atoms with Crippen molar-refractivity contribution >= 4 is 5.91 Å². The van der Waals surface area contributed by atoms with Gasteiger partial charge in [0.2, 0.25) is 5.91 Å². The van der Waals surface area contributed by atoms with Crippen LogP contribution in [-0.2, 0) is 4.79 Å². The molecule has 0 bridgehead atoms. The molecule has 2 heteroatoms. The van der Waals surface area contributed by atoms with E-state index in [2.05, 4.69) is 26.1 Å². The topological polar surface area (TPSA) is 29.1 Å². The lowest BCUT2D eigenvalue weighted by Gasteiger charge is -2.27. The zero-order valence-electron chi connectivity index (χ0n) is 11.6. The Balaban J connectivity index is 1.95. The molecule has 2 nitrogen and oxygen atoms in total. The van der Waals surface area contributed by atoms with Crippen molar-refractivity contribution in [3.05, 3.63) is 0 Å². The van der Waals surface area contributed by atoms with Crippen LogP contribution in [0, 0.1) is 17.3 Å². The largest absolute Gasteiger partial charge is 0.353 e. The maximum absolute atomic E-state index is 12.2. The van der Waals surface area contributed by atoms with Crippen molar-refractivity contribution in [1.82, 2.24) is 5.32 Å². The van der Waals surface area contributed by atoms with Gasteiger partial charge in [-0.3, -0.25) is 4.79 Å². The van der Waals surface area contributed by atoms with Crippen molar-refractivity contribution in [3.8, 4) is 0 Å². The predicted molar refractivity (Wildman–Crippen MR) is 70.7 cm³/mol. The number of carbonyl (C=O) groups is 1. The summed E-state index contributed by atoms with van der Waals surface area (Å²) in [6, 6.07) is 0.510. The monoisotopic (exact) mass is 237 g/mol. The smallest absolute Gasteiger partial charge is 0.223 e. The van der Waals surface area contributed by atoms with Gasteiger partial charge in [-0.2, -0.15) is 0 Å². The Kier molecular flexibility index (Phi) is 3.79. The van der Waals surface area contributed by atoms with Crippen LogP contribution in [0.5, 0.6) is 0 Å². The van der Waals surface area contributed by atoms with Gasteiger partial charge in [0.25, 0.3) is 0 Å². The molecule has 0 radical (unpaired) electrons. The van der Waals surface area contributed by atoms with Crippen LogP contribution < -0.4 is 5.32 Å². The normalized spacial score (nSPS) is 32.9. The lowest BCUT2D eigenvalue weighted by atomic mass is 9.78. The van der Waals surface area contributed by atoms with Crippen LogP contribution in [0.3, 0.4) is 0 Å². The van der Waals surface area contributed by atoms with Crippen molar-refractivity contribution in [1.29, 1.82) is 0 Å². The van der Waals surface area contributed by atoms with E-state index in [0.717, 1.165) is 18.8 Å². The number of carbonyl (C=O) groups excluding carboxylic acids is 1. The van der Waals surface area contributed by atoms with Gasteiger partial charge in [0.15, 0.2) is 0 Å². The van der Waals surface area contributed by atoms with E-state index in [1.807, 2.05) is 0 Å². The number of nitrogens with one attached hydrogen (secondary N) is 1. The minimum atomic E-state index is 0.266. The summed E-state index contributed by atoms with van der Waals surface area (Å²) in [4.78, 5) is 12.2. The third-order valence-electron chi connectivity index (χ3n) is 4.44. The Hall–Kier alpha value is -0.530. The van der Waals surface area contributed by atoms with E-state index in [1.54, 1.807) is 0 Å². The van der Waals surface area contributed by atoms with Gasteiger partial charge in [-0.05, 0) is 49.9 Å². The Morgan fingerprint density at radius 2 is 1.88 bits per heavy atom. The summed E-state index contributed by atoms with van der Waals surface area (Å²) in [5, 5.41) is 3.18. The summed E-state index contributed by atoms with van der Waals surface area (Å²) in [6.07, 6.45) is 8.35. The molecule has 2 aliphatic carbocycles. The van der Waals surface area contributed by atoms with Crippen molar-refractivity contribution in [2.45, 2.75) is 71.8 Å². The molecule has 98 valence electrons. The van der Waals surface area contributed by atoms with E-state index in [0.29, 0.717) is 17.4 Å². The van der Waals surface area contributed by atoms with Crippen LogP contribution in [0.4, 0.5) is 0 Å². The SMILES string of the molecule is CCC1CC[C@H](C(=O)NC2CC2)CC(C)(C)C1. The average Bonchev–Trinajstić information content (AvgIpc) is 3.05. The van der Waals surface area contributed by atoms with Gasteiger partial charge in [-0.25, -0.2) is 0 Å². The molecule has 2 saturated carbocycles. The highest BCUT2D eigenvalue weighted by atomic mass is 16.2. The van der Waals surface area contributed by atoms with E-state index in [-0.39, 0.29) is 5.92 Å². The summed E-state index contributed by atoms with van der Waals surface area (Å²) in [6.45, 7) is 6.95. The molecule has 0 saturated heterocycles. The summed E-state index contributed by atoms with van der Waals surface area (Å²) >= 11 is 0. The second-order valence-corrected chi connectivity index (χ2v) is 6.90. The fraction of sp³-hybridized carbons (Fsp3) is 0.933. The van der Waals surface area contributed by atoms with E-state index in [4.69, 9.17) is 0 Å². The molecule has 0 heterocycles. The Morgan fingerprint density at radius 1 is 1.18 bits per heavy atom. The molecule has 0 aliphatic heterocycles. The number of amides is 1. The van der Waals surface area contributed by atoms with Crippen molar-refractivity contribution in [3.63, 3.8) is 0 Å². The summed E-state index contributed by atoms with van der Waals surface area (Å²) in [7, 11) is 0. The molecule has 1 unspecified atom stereocenters. The predicted octanol–water partition coefficient (Wildman–Crippen LogP) is 3.51. The van der Waals surface area contributed by atoms with Gasteiger partial charge >= 0.3 is 0 Å². The first-order valence-electron chi connectivity index (χ1n) is 7.30. The minimum absolute atomic E-state index is 0.266. The third kappa shape index (κ3) is 3.72. The second kappa shape index (κ2) is 4.99. The van der Waals surface area contributed by atoms with E-state index >= 15 is 0 Å². The van der Waals surface area contributed by atoms with E-state index in [1.165, 1.54) is 32.1 Å². The highest BCUT2D eigenvalue weighted by Crippen LogP contribution is 2.41. The minimum Gasteiger partial charge on any atom is -0.353 e. The molecular formula is C15H27NO. The first kappa shape index (κ1) is 12.9. The fourth-order valence-electron chi connectivity index (χ4n) is 3.29. The van der Waals surface area contributed by atoms with Crippen LogP contribution >= 0.6 is 0 Å². The third-order valence-corrected chi connectivity index (χ3v) is 4.44. The molecule has 1 N–H and O–H groups in total. The molecular weight excluding hydrogens is 210 g/mol. The first-order valence-corrected chi connectivity index (χ1v) is 7.30. The molecule has 0 aromatic carbocycles. The molecule has 0 aromatic rings. The molecule has 2 rings (SSSR count). The molecule has 0 aromatic heterocycles. The van der Waals surface area contributed by atoms with Crippen molar-refractivity contribution in [2.24, 2.45) is 17.3 Å². The average molecular weight is 237 g/mol. The van der Waals surface area contributed by atoms with Gasteiger partial charge in [-0.1, -0.05) is 27.2 Å². The maximum atomic E-state index is 12.2. The Morgan fingerprint density at radius 3 is 2.47 bits per heavy atom. The van der Waals surface area contributed by atoms with E-state index in [9.17, 15) is 4.79 Å². The summed E-state index contributed by atoms with van der Waals surface area (Å²) in [5.41, 5.74) is 0.336. The number of rotatable bonds is 3. The van der Waals surface area contributed by atoms with Gasteiger partial charge in [0.05, 0.1) is 0 Å². The van der Waals surface area contributed by atoms with Crippen LogP contribution in [0.1, 0.15) is 65.7 Å². The standard InChI is InChI=1S/C15H27NO/c1-4-11-5-6-12(10-15(2,3)9-11)14(17)16-13-7-8-13/h11-13H,4-10H2,1-3H3,(H,16,17)/t11?,12-/m0/s1. The van der Waals surface area contributed by atoms with Crippen molar-refractivity contribution in [2.75, 3.05) is 0 Å². The van der Waals surface area contributed by atoms with Gasteiger partial charge in [0.1, 0.15) is 0 Å². The molecule has 0 spiro atoms. The van der Waals surface area contributed by atoms with E-state index < -0.39 is 0 Å². The van der Waals surface area contributed by atoms with Crippen LogP contribution in [-0.4, -0.2) is 11.9 Å². The van der Waals surface area contributed by atoms with Crippen molar-refractivity contribution < 1.29 is 4.79 Å². The zero-order valence-corrected chi connectivity index (χ0v) is 11.6. The number of hydrogen-bond acceptors (Lipinski definition) is 1. The number of hydrogen-bond donors (Lipinski definition) is 1. The lowest BCUT2D eigenvalue weighted by molar-refractivity contribution is -0.126.